The number of hydrogen-bond acceptors (Lipinski definition) is 5. The molecule has 1 aromatic heterocycles. The van der Waals surface area contributed by atoms with Gasteiger partial charge in [0.05, 0.1) is 30.0 Å². The Balaban J connectivity index is 1.38. The molecule has 6 heteroatoms. The first-order chi connectivity index (χ1) is 14.2. The number of ether oxygens (including phenoxy) is 2. The molecule has 144 valence electrons. The van der Waals surface area contributed by atoms with E-state index in [1.807, 2.05) is 60.7 Å². The van der Waals surface area contributed by atoms with Crippen LogP contribution < -0.4 is 14.8 Å². The molecule has 0 bridgehead atoms. The van der Waals surface area contributed by atoms with Crippen LogP contribution in [0.25, 0.3) is 22.3 Å². The SMILES string of the molecule is COc1cccc(NC(=O)COc2ccc(-c3cnc4ccccc4n3)cc2)c1. The van der Waals surface area contributed by atoms with Gasteiger partial charge in [0.1, 0.15) is 11.5 Å². The number of carbonyl (C=O) groups excluding carboxylic acids is 1. The van der Waals surface area contributed by atoms with Crippen molar-refractivity contribution in [2.45, 2.75) is 0 Å². The van der Waals surface area contributed by atoms with Gasteiger partial charge in [-0.3, -0.25) is 9.78 Å². The number of fused-ring (bicyclic) bond motifs is 1. The molecule has 0 atom stereocenters. The quantitative estimate of drug-likeness (QED) is 0.535. The molecule has 1 N–H and O–H groups in total. The van der Waals surface area contributed by atoms with Crippen molar-refractivity contribution in [1.82, 2.24) is 9.97 Å². The summed E-state index contributed by atoms with van der Waals surface area (Å²) in [6, 6.07) is 22.3. The third-order valence-corrected chi connectivity index (χ3v) is 4.32. The molecular formula is C23H19N3O3. The van der Waals surface area contributed by atoms with Crippen LogP contribution in [-0.2, 0) is 4.79 Å². The number of nitrogens with zero attached hydrogens (tertiary/aromatic N) is 2. The molecule has 0 aliphatic heterocycles. The first-order valence-electron chi connectivity index (χ1n) is 9.10. The van der Waals surface area contributed by atoms with Gasteiger partial charge in [-0.1, -0.05) is 18.2 Å². The van der Waals surface area contributed by atoms with Crippen LogP contribution in [0.1, 0.15) is 0 Å². The molecule has 0 saturated carbocycles. The Morgan fingerprint density at radius 3 is 2.52 bits per heavy atom. The fraction of sp³-hybridized carbons (Fsp3) is 0.0870. The van der Waals surface area contributed by atoms with Crippen molar-refractivity contribution >= 4 is 22.6 Å². The average Bonchev–Trinajstić information content (AvgIpc) is 2.78. The molecule has 0 radical (unpaired) electrons. The number of benzene rings is 3. The molecule has 6 nitrogen and oxygen atoms in total. The number of methoxy groups -OCH3 is 1. The Labute approximate surface area is 168 Å². The summed E-state index contributed by atoms with van der Waals surface area (Å²) in [5, 5.41) is 2.78. The predicted octanol–water partition coefficient (Wildman–Crippen LogP) is 4.32. The van der Waals surface area contributed by atoms with E-state index in [4.69, 9.17) is 9.47 Å². The second kappa shape index (κ2) is 8.39. The average molecular weight is 385 g/mol. The summed E-state index contributed by atoms with van der Waals surface area (Å²) in [7, 11) is 1.58. The Bertz CT molecular complexity index is 1140. The van der Waals surface area contributed by atoms with E-state index >= 15 is 0 Å². The number of aromatic nitrogens is 2. The lowest BCUT2D eigenvalue weighted by Gasteiger charge is -2.09. The highest BCUT2D eigenvalue weighted by Crippen LogP contribution is 2.22. The Morgan fingerprint density at radius 2 is 1.72 bits per heavy atom. The van der Waals surface area contributed by atoms with E-state index in [2.05, 4.69) is 15.3 Å². The minimum atomic E-state index is -0.247. The molecule has 0 saturated heterocycles. The van der Waals surface area contributed by atoms with Crippen molar-refractivity contribution in [3.63, 3.8) is 0 Å². The van der Waals surface area contributed by atoms with Gasteiger partial charge in [0, 0.05) is 17.3 Å². The van der Waals surface area contributed by atoms with Gasteiger partial charge in [-0.15, -0.1) is 0 Å². The van der Waals surface area contributed by atoms with E-state index in [0.717, 1.165) is 22.3 Å². The zero-order valence-corrected chi connectivity index (χ0v) is 15.8. The van der Waals surface area contributed by atoms with Gasteiger partial charge < -0.3 is 14.8 Å². The van der Waals surface area contributed by atoms with Gasteiger partial charge in [-0.05, 0) is 48.5 Å². The fourth-order valence-electron chi connectivity index (χ4n) is 2.86. The standard InChI is InChI=1S/C23H19N3O3/c1-28-19-6-4-5-17(13-19)25-23(27)15-29-18-11-9-16(10-12-18)22-14-24-20-7-2-3-8-21(20)26-22/h2-14H,15H2,1H3,(H,25,27). The zero-order valence-electron chi connectivity index (χ0n) is 15.8. The van der Waals surface area contributed by atoms with E-state index in [-0.39, 0.29) is 12.5 Å². The first kappa shape index (κ1) is 18.4. The number of rotatable bonds is 6. The highest BCUT2D eigenvalue weighted by molar-refractivity contribution is 5.92. The maximum atomic E-state index is 12.1. The molecule has 1 heterocycles. The van der Waals surface area contributed by atoms with Gasteiger partial charge in [-0.2, -0.15) is 0 Å². The van der Waals surface area contributed by atoms with Crippen molar-refractivity contribution in [1.29, 1.82) is 0 Å². The minimum absolute atomic E-state index is 0.0909. The molecule has 4 rings (SSSR count). The summed E-state index contributed by atoms with van der Waals surface area (Å²) in [6.07, 6.45) is 1.75. The second-order valence-corrected chi connectivity index (χ2v) is 6.34. The molecular weight excluding hydrogens is 366 g/mol. The molecule has 1 amide bonds. The van der Waals surface area contributed by atoms with Gasteiger partial charge >= 0.3 is 0 Å². The molecule has 0 spiro atoms. The Kier molecular flexibility index (Phi) is 5.33. The maximum absolute atomic E-state index is 12.1. The van der Waals surface area contributed by atoms with Gasteiger partial charge in [-0.25, -0.2) is 4.98 Å². The molecule has 0 unspecified atom stereocenters. The monoisotopic (exact) mass is 385 g/mol. The Hall–Kier alpha value is -3.93. The summed E-state index contributed by atoms with van der Waals surface area (Å²) in [6.45, 7) is -0.0909. The number of para-hydroxylation sites is 2. The van der Waals surface area contributed by atoms with Crippen molar-refractivity contribution in [2.24, 2.45) is 0 Å². The highest BCUT2D eigenvalue weighted by atomic mass is 16.5. The lowest BCUT2D eigenvalue weighted by Crippen LogP contribution is -2.20. The summed E-state index contributed by atoms with van der Waals surface area (Å²) >= 11 is 0. The third-order valence-electron chi connectivity index (χ3n) is 4.32. The fourth-order valence-corrected chi connectivity index (χ4v) is 2.86. The van der Waals surface area contributed by atoms with Crippen LogP contribution in [0.3, 0.4) is 0 Å². The first-order valence-corrected chi connectivity index (χ1v) is 9.10. The van der Waals surface area contributed by atoms with Crippen LogP contribution in [0.2, 0.25) is 0 Å². The van der Waals surface area contributed by atoms with Crippen LogP contribution in [0.5, 0.6) is 11.5 Å². The van der Waals surface area contributed by atoms with E-state index in [1.165, 1.54) is 0 Å². The van der Waals surface area contributed by atoms with E-state index in [1.54, 1.807) is 25.4 Å². The topological polar surface area (TPSA) is 73.3 Å². The van der Waals surface area contributed by atoms with Crippen molar-refractivity contribution in [3.8, 4) is 22.8 Å². The largest absolute Gasteiger partial charge is 0.497 e. The predicted molar refractivity (Wildman–Crippen MR) is 112 cm³/mol. The van der Waals surface area contributed by atoms with Crippen LogP contribution in [0, 0.1) is 0 Å². The summed E-state index contributed by atoms with van der Waals surface area (Å²) in [5.41, 5.74) is 4.07. The number of carbonyl (C=O) groups is 1. The van der Waals surface area contributed by atoms with Crippen LogP contribution in [-0.4, -0.2) is 29.6 Å². The number of nitrogens with one attached hydrogen (secondary N) is 1. The zero-order chi connectivity index (χ0) is 20.1. The number of hydrogen-bond donors (Lipinski definition) is 1. The van der Waals surface area contributed by atoms with E-state index in [0.29, 0.717) is 17.2 Å². The lowest BCUT2D eigenvalue weighted by atomic mass is 10.1. The van der Waals surface area contributed by atoms with Crippen molar-refractivity contribution in [3.05, 3.63) is 79.0 Å². The van der Waals surface area contributed by atoms with Gasteiger partial charge in [0.15, 0.2) is 6.61 Å². The minimum Gasteiger partial charge on any atom is -0.497 e. The van der Waals surface area contributed by atoms with Crippen LogP contribution in [0.15, 0.2) is 79.0 Å². The third kappa shape index (κ3) is 4.50. The molecule has 0 aliphatic carbocycles. The molecule has 0 fully saturated rings. The Morgan fingerprint density at radius 1 is 0.931 bits per heavy atom. The van der Waals surface area contributed by atoms with Gasteiger partial charge in [0.25, 0.3) is 5.91 Å². The highest BCUT2D eigenvalue weighted by Gasteiger charge is 2.06. The molecule has 4 aromatic rings. The summed E-state index contributed by atoms with van der Waals surface area (Å²) in [5.74, 6) is 1.03. The lowest BCUT2D eigenvalue weighted by molar-refractivity contribution is -0.118. The molecule has 0 aliphatic rings. The summed E-state index contributed by atoms with van der Waals surface area (Å²) in [4.78, 5) is 21.2. The maximum Gasteiger partial charge on any atom is 0.262 e. The number of anilines is 1. The van der Waals surface area contributed by atoms with Gasteiger partial charge in [0.2, 0.25) is 0 Å². The molecule has 29 heavy (non-hydrogen) atoms. The second-order valence-electron chi connectivity index (χ2n) is 6.34. The smallest absolute Gasteiger partial charge is 0.262 e. The van der Waals surface area contributed by atoms with E-state index < -0.39 is 0 Å². The van der Waals surface area contributed by atoms with Crippen molar-refractivity contribution < 1.29 is 14.3 Å². The van der Waals surface area contributed by atoms with Crippen LogP contribution in [0.4, 0.5) is 5.69 Å². The molecule has 3 aromatic carbocycles. The van der Waals surface area contributed by atoms with Crippen molar-refractivity contribution in [2.75, 3.05) is 19.0 Å². The normalized spacial score (nSPS) is 10.5. The number of amides is 1. The summed E-state index contributed by atoms with van der Waals surface area (Å²) < 4.78 is 10.7. The van der Waals surface area contributed by atoms with E-state index in [9.17, 15) is 4.79 Å². The van der Waals surface area contributed by atoms with Crippen LogP contribution >= 0.6 is 0 Å².